The third kappa shape index (κ3) is 4.16. The summed E-state index contributed by atoms with van der Waals surface area (Å²) in [6.07, 6.45) is 3.05. The fourth-order valence-corrected chi connectivity index (χ4v) is 3.35. The molecule has 1 aromatic carbocycles. The Hall–Kier alpha value is -1.85. The minimum Gasteiger partial charge on any atom is -0.464 e. The molecule has 3 rings (SSSR count). The summed E-state index contributed by atoms with van der Waals surface area (Å²) in [4.78, 5) is 14.6. The van der Waals surface area contributed by atoms with E-state index in [0.29, 0.717) is 13.0 Å². The molecule has 1 N–H and O–H groups in total. The van der Waals surface area contributed by atoms with Gasteiger partial charge in [-0.3, -0.25) is 9.69 Å². The number of morpholine rings is 1. The number of ether oxygens (including phenoxy) is 1. The molecular formula is C19H26N2O3. The highest BCUT2D eigenvalue weighted by Gasteiger charge is 2.13. The van der Waals surface area contributed by atoms with Gasteiger partial charge in [0, 0.05) is 30.6 Å². The molecule has 0 bridgehead atoms. The maximum atomic E-state index is 12.2. The van der Waals surface area contributed by atoms with Crippen molar-refractivity contribution in [2.24, 2.45) is 0 Å². The fourth-order valence-electron chi connectivity index (χ4n) is 3.35. The van der Waals surface area contributed by atoms with Crippen molar-refractivity contribution in [2.45, 2.75) is 26.7 Å². The minimum atomic E-state index is 0.0552. The van der Waals surface area contributed by atoms with Crippen molar-refractivity contribution in [2.75, 3.05) is 39.4 Å². The van der Waals surface area contributed by atoms with Gasteiger partial charge >= 0.3 is 0 Å². The Balaban J connectivity index is 1.48. The number of carbonyl (C=O) groups excluding carboxylic acids is 1. The Kier molecular flexibility index (Phi) is 5.53. The molecule has 0 unspecified atom stereocenters. The van der Waals surface area contributed by atoms with Crippen molar-refractivity contribution >= 4 is 16.9 Å². The lowest BCUT2D eigenvalue weighted by Gasteiger charge is -2.26. The molecule has 0 spiro atoms. The van der Waals surface area contributed by atoms with E-state index < -0.39 is 0 Å². The van der Waals surface area contributed by atoms with Crippen LogP contribution >= 0.6 is 0 Å². The summed E-state index contributed by atoms with van der Waals surface area (Å²) >= 11 is 0. The molecule has 2 aromatic rings. The lowest BCUT2D eigenvalue weighted by atomic mass is 10.0. The van der Waals surface area contributed by atoms with Crippen molar-refractivity contribution in [3.8, 4) is 0 Å². The second-order valence-corrected chi connectivity index (χ2v) is 6.55. The van der Waals surface area contributed by atoms with E-state index >= 15 is 0 Å². The Morgan fingerprint density at radius 2 is 2.04 bits per heavy atom. The van der Waals surface area contributed by atoms with Crippen LogP contribution in [0.5, 0.6) is 0 Å². The van der Waals surface area contributed by atoms with Crippen LogP contribution in [0.4, 0.5) is 0 Å². The molecule has 5 nitrogen and oxygen atoms in total. The summed E-state index contributed by atoms with van der Waals surface area (Å²) in [6, 6.07) is 4.15. The van der Waals surface area contributed by atoms with Gasteiger partial charge in [-0.05, 0) is 44.0 Å². The molecule has 1 aliphatic rings. The highest BCUT2D eigenvalue weighted by molar-refractivity contribution is 5.90. The van der Waals surface area contributed by atoms with Crippen molar-refractivity contribution in [3.05, 3.63) is 35.1 Å². The molecule has 1 saturated heterocycles. The molecule has 2 heterocycles. The highest BCUT2D eigenvalue weighted by Crippen LogP contribution is 2.26. The maximum absolute atomic E-state index is 12.2. The third-order valence-corrected chi connectivity index (χ3v) is 4.52. The van der Waals surface area contributed by atoms with Crippen LogP contribution < -0.4 is 5.32 Å². The number of rotatable bonds is 6. The SMILES string of the molecule is Cc1cc(C)c2c(CC(=O)NCCCN3CCOCC3)coc2c1. The number of carbonyl (C=O) groups is 1. The number of benzene rings is 1. The maximum Gasteiger partial charge on any atom is 0.224 e. The first kappa shape index (κ1) is 17.0. The number of nitrogens with zero attached hydrogens (tertiary/aromatic N) is 1. The number of aryl methyl sites for hydroxylation is 2. The molecule has 1 fully saturated rings. The van der Waals surface area contributed by atoms with Crippen LogP contribution in [-0.4, -0.2) is 50.2 Å². The van der Waals surface area contributed by atoms with Crippen LogP contribution in [0.15, 0.2) is 22.8 Å². The lowest BCUT2D eigenvalue weighted by molar-refractivity contribution is -0.120. The summed E-state index contributed by atoms with van der Waals surface area (Å²) in [5.41, 5.74) is 4.16. The van der Waals surface area contributed by atoms with Crippen LogP contribution in [0.2, 0.25) is 0 Å². The molecule has 5 heteroatoms. The zero-order valence-corrected chi connectivity index (χ0v) is 14.6. The zero-order valence-electron chi connectivity index (χ0n) is 14.6. The number of nitrogens with one attached hydrogen (secondary N) is 1. The molecule has 0 atom stereocenters. The van der Waals surface area contributed by atoms with Crippen LogP contribution in [0, 0.1) is 13.8 Å². The fraction of sp³-hybridized carbons (Fsp3) is 0.526. The lowest BCUT2D eigenvalue weighted by Crippen LogP contribution is -2.38. The first-order valence-electron chi connectivity index (χ1n) is 8.67. The van der Waals surface area contributed by atoms with Gasteiger partial charge in [0.15, 0.2) is 0 Å². The normalized spacial score (nSPS) is 15.8. The van der Waals surface area contributed by atoms with Gasteiger partial charge in [-0.1, -0.05) is 6.07 Å². The van der Waals surface area contributed by atoms with E-state index in [0.717, 1.165) is 61.4 Å². The average Bonchev–Trinajstić information content (AvgIpc) is 2.95. The van der Waals surface area contributed by atoms with Crippen molar-refractivity contribution in [1.82, 2.24) is 10.2 Å². The monoisotopic (exact) mass is 330 g/mol. The van der Waals surface area contributed by atoms with Crippen molar-refractivity contribution in [3.63, 3.8) is 0 Å². The standard InChI is InChI=1S/C19H26N2O3/c1-14-10-15(2)19-16(13-24-17(19)11-14)12-18(22)20-4-3-5-21-6-8-23-9-7-21/h10-11,13H,3-9,12H2,1-2H3,(H,20,22). The third-order valence-electron chi connectivity index (χ3n) is 4.52. The van der Waals surface area contributed by atoms with E-state index in [1.165, 1.54) is 5.56 Å². The molecule has 130 valence electrons. The molecule has 1 aromatic heterocycles. The van der Waals surface area contributed by atoms with Crippen molar-refractivity contribution in [1.29, 1.82) is 0 Å². The first-order valence-corrected chi connectivity index (χ1v) is 8.67. The summed E-state index contributed by atoms with van der Waals surface area (Å²) in [5.74, 6) is 0.0552. The van der Waals surface area contributed by atoms with Gasteiger partial charge in [-0.25, -0.2) is 0 Å². The summed E-state index contributed by atoms with van der Waals surface area (Å²) in [7, 11) is 0. The van der Waals surface area contributed by atoms with Crippen LogP contribution in [0.3, 0.4) is 0 Å². The summed E-state index contributed by atoms with van der Waals surface area (Å²) in [5, 5.41) is 4.09. The summed E-state index contributed by atoms with van der Waals surface area (Å²) < 4.78 is 11.0. The van der Waals surface area contributed by atoms with Crippen LogP contribution in [-0.2, 0) is 16.0 Å². The van der Waals surface area contributed by atoms with Gasteiger partial charge in [-0.2, -0.15) is 0 Å². The van der Waals surface area contributed by atoms with E-state index in [1.54, 1.807) is 6.26 Å². The number of furan rings is 1. The molecule has 1 aliphatic heterocycles. The Bertz CT molecular complexity index is 702. The number of hydrogen-bond donors (Lipinski definition) is 1. The van der Waals surface area contributed by atoms with Gasteiger partial charge in [-0.15, -0.1) is 0 Å². The second kappa shape index (κ2) is 7.81. The van der Waals surface area contributed by atoms with E-state index in [9.17, 15) is 4.79 Å². The number of fused-ring (bicyclic) bond motifs is 1. The quantitative estimate of drug-likeness (QED) is 0.827. The molecular weight excluding hydrogens is 304 g/mol. The minimum absolute atomic E-state index is 0.0552. The second-order valence-electron chi connectivity index (χ2n) is 6.55. The van der Waals surface area contributed by atoms with Gasteiger partial charge < -0.3 is 14.5 Å². The smallest absolute Gasteiger partial charge is 0.224 e. The molecule has 1 amide bonds. The zero-order chi connectivity index (χ0) is 16.9. The van der Waals surface area contributed by atoms with Gasteiger partial charge in [0.25, 0.3) is 0 Å². The molecule has 0 aliphatic carbocycles. The predicted molar refractivity (Wildman–Crippen MR) is 94.3 cm³/mol. The van der Waals surface area contributed by atoms with Gasteiger partial charge in [0.05, 0.1) is 25.9 Å². The van der Waals surface area contributed by atoms with Gasteiger partial charge in [0.1, 0.15) is 5.58 Å². The summed E-state index contributed by atoms with van der Waals surface area (Å²) in [6.45, 7) is 9.46. The molecule has 0 saturated carbocycles. The van der Waals surface area contributed by atoms with E-state index in [4.69, 9.17) is 9.15 Å². The Morgan fingerprint density at radius 1 is 1.25 bits per heavy atom. The van der Waals surface area contributed by atoms with Crippen LogP contribution in [0.25, 0.3) is 11.0 Å². The topological polar surface area (TPSA) is 54.7 Å². The Morgan fingerprint density at radius 3 is 2.83 bits per heavy atom. The highest BCUT2D eigenvalue weighted by atomic mass is 16.5. The van der Waals surface area contributed by atoms with Crippen molar-refractivity contribution < 1.29 is 13.9 Å². The predicted octanol–water partition coefficient (Wildman–Crippen LogP) is 2.43. The Labute approximate surface area is 143 Å². The van der Waals surface area contributed by atoms with E-state index in [-0.39, 0.29) is 5.91 Å². The van der Waals surface area contributed by atoms with E-state index in [1.807, 2.05) is 6.07 Å². The molecule has 24 heavy (non-hydrogen) atoms. The largest absolute Gasteiger partial charge is 0.464 e. The first-order chi connectivity index (χ1) is 11.6. The van der Waals surface area contributed by atoms with Crippen LogP contribution in [0.1, 0.15) is 23.1 Å². The van der Waals surface area contributed by atoms with Gasteiger partial charge in [0.2, 0.25) is 5.91 Å². The molecule has 0 radical (unpaired) electrons. The number of hydrogen-bond acceptors (Lipinski definition) is 4. The van der Waals surface area contributed by atoms with E-state index in [2.05, 4.69) is 30.1 Å². The average molecular weight is 330 g/mol. The number of amides is 1.